The van der Waals surface area contributed by atoms with Gasteiger partial charge in [0.15, 0.2) is 0 Å². The van der Waals surface area contributed by atoms with Crippen LogP contribution in [0.5, 0.6) is 5.75 Å². The summed E-state index contributed by atoms with van der Waals surface area (Å²) in [4.78, 5) is 0.274. The van der Waals surface area contributed by atoms with Crippen LogP contribution in [0, 0.1) is 0 Å². The van der Waals surface area contributed by atoms with E-state index in [9.17, 15) is 8.42 Å². The van der Waals surface area contributed by atoms with Crippen molar-refractivity contribution in [3.63, 3.8) is 0 Å². The predicted octanol–water partition coefficient (Wildman–Crippen LogP) is 1.99. The number of hydrogen-bond donors (Lipinski definition) is 1. The van der Waals surface area contributed by atoms with Crippen LogP contribution < -0.4 is 10.5 Å². The molecular weight excluding hydrogens is 368 g/mol. The van der Waals surface area contributed by atoms with E-state index in [0.717, 1.165) is 0 Å². The number of ether oxygens (including phenoxy) is 1. The minimum Gasteiger partial charge on any atom is -0.496 e. The Balaban J connectivity index is 0.00000200. The van der Waals surface area contributed by atoms with Crippen LogP contribution in [0.2, 0.25) is 0 Å². The SMILES string of the molecule is COc1ccc(S(=O)(=O)N2CCC(N)CC2)cc1Br.Cl. The van der Waals surface area contributed by atoms with E-state index < -0.39 is 10.0 Å². The van der Waals surface area contributed by atoms with Gasteiger partial charge in [0.1, 0.15) is 5.75 Å². The smallest absolute Gasteiger partial charge is 0.243 e. The van der Waals surface area contributed by atoms with E-state index in [1.54, 1.807) is 25.3 Å². The number of benzene rings is 1. The number of hydrogen-bond acceptors (Lipinski definition) is 4. The lowest BCUT2D eigenvalue weighted by atomic mass is 10.1. The number of halogens is 2. The van der Waals surface area contributed by atoms with Crippen molar-refractivity contribution in [2.75, 3.05) is 20.2 Å². The zero-order chi connectivity index (χ0) is 14.0. The zero-order valence-corrected chi connectivity index (χ0v) is 14.3. The van der Waals surface area contributed by atoms with Crippen LogP contribution in [0.1, 0.15) is 12.8 Å². The van der Waals surface area contributed by atoms with Gasteiger partial charge in [0.2, 0.25) is 10.0 Å². The first-order valence-electron chi connectivity index (χ1n) is 6.04. The molecule has 1 aromatic carbocycles. The van der Waals surface area contributed by atoms with Gasteiger partial charge in [0.05, 0.1) is 16.5 Å². The molecule has 1 aromatic rings. The Bertz CT molecular complexity index is 560. The van der Waals surface area contributed by atoms with E-state index in [2.05, 4.69) is 15.9 Å². The molecule has 1 heterocycles. The molecule has 0 atom stereocenters. The van der Waals surface area contributed by atoms with Crippen molar-refractivity contribution in [1.82, 2.24) is 4.31 Å². The summed E-state index contributed by atoms with van der Waals surface area (Å²) in [5.41, 5.74) is 5.80. The molecule has 5 nitrogen and oxygen atoms in total. The fourth-order valence-corrected chi connectivity index (χ4v) is 4.26. The standard InChI is InChI=1S/C12H17BrN2O3S.ClH/c1-18-12-3-2-10(8-11(12)13)19(16,17)15-6-4-9(14)5-7-15;/h2-3,8-9H,4-7,14H2,1H3;1H. The van der Waals surface area contributed by atoms with Crippen LogP contribution in [-0.4, -0.2) is 39.0 Å². The van der Waals surface area contributed by atoms with Crippen molar-refractivity contribution < 1.29 is 13.2 Å². The van der Waals surface area contributed by atoms with Gasteiger partial charge in [-0.3, -0.25) is 0 Å². The summed E-state index contributed by atoms with van der Waals surface area (Å²) in [7, 11) is -1.90. The normalized spacial score (nSPS) is 17.6. The molecule has 20 heavy (non-hydrogen) atoms. The molecule has 0 aromatic heterocycles. The first-order chi connectivity index (χ1) is 8.95. The Kier molecular flexibility index (Phi) is 6.27. The van der Waals surface area contributed by atoms with Crippen LogP contribution >= 0.6 is 28.3 Å². The number of nitrogens with two attached hydrogens (primary N) is 1. The van der Waals surface area contributed by atoms with Crippen molar-refractivity contribution in [2.24, 2.45) is 5.73 Å². The lowest BCUT2D eigenvalue weighted by Gasteiger charge is -2.29. The molecule has 2 N–H and O–H groups in total. The van der Waals surface area contributed by atoms with E-state index in [0.29, 0.717) is 36.2 Å². The summed E-state index contributed by atoms with van der Waals surface area (Å²) in [6.07, 6.45) is 1.41. The Morgan fingerprint density at radius 1 is 1.35 bits per heavy atom. The topological polar surface area (TPSA) is 72.6 Å². The molecule has 1 aliphatic rings. The van der Waals surface area contributed by atoms with Crippen molar-refractivity contribution in [1.29, 1.82) is 0 Å². The van der Waals surface area contributed by atoms with Gasteiger partial charge < -0.3 is 10.5 Å². The Labute approximate surface area is 134 Å². The molecule has 0 saturated carbocycles. The van der Waals surface area contributed by atoms with E-state index in [1.807, 2.05) is 0 Å². The largest absolute Gasteiger partial charge is 0.496 e. The van der Waals surface area contributed by atoms with E-state index >= 15 is 0 Å². The first-order valence-corrected chi connectivity index (χ1v) is 8.27. The molecule has 1 fully saturated rings. The Hall–Kier alpha value is -0.340. The van der Waals surface area contributed by atoms with Gasteiger partial charge in [-0.15, -0.1) is 12.4 Å². The van der Waals surface area contributed by atoms with Crippen LogP contribution in [0.15, 0.2) is 27.6 Å². The highest BCUT2D eigenvalue weighted by Gasteiger charge is 2.28. The highest BCUT2D eigenvalue weighted by atomic mass is 79.9. The summed E-state index contributed by atoms with van der Waals surface area (Å²) in [5.74, 6) is 0.611. The predicted molar refractivity (Wildman–Crippen MR) is 83.9 cm³/mol. The first kappa shape index (κ1) is 17.7. The molecular formula is C12H18BrClN2O3S. The van der Waals surface area contributed by atoms with Gasteiger partial charge in [-0.1, -0.05) is 0 Å². The van der Waals surface area contributed by atoms with Crippen LogP contribution in [0.4, 0.5) is 0 Å². The molecule has 1 saturated heterocycles. The van der Waals surface area contributed by atoms with Gasteiger partial charge >= 0.3 is 0 Å². The molecule has 1 aliphatic heterocycles. The Morgan fingerprint density at radius 2 is 1.95 bits per heavy atom. The summed E-state index contributed by atoms with van der Waals surface area (Å²) in [6, 6.07) is 4.89. The van der Waals surface area contributed by atoms with Gasteiger partial charge in [-0.05, 0) is 47.0 Å². The average Bonchev–Trinajstić information content (AvgIpc) is 2.39. The van der Waals surface area contributed by atoms with Crippen molar-refractivity contribution in [3.8, 4) is 5.75 Å². The average molecular weight is 386 g/mol. The summed E-state index contributed by atoms with van der Waals surface area (Å²) >= 11 is 3.31. The second-order valence-corrected chi connectivity index (χ2v) is 7.33. The number of sulfonamides is 1. The number of rotatable bonds is 3. The van der Waals surface area contributed by atoms with Gasteiger partial charge in [-0.25, -0.2) is 8.42 Å². The van der Waals surface area contributed by atoms with Crippen molar-refractivity contribution >= 4 is 38.4 Å². The molecule has 8 heteroatoms. The quantitative estimate of drug-likeness (QED) is 0.863. The van der Waals surface area contributed by atoms with Crippen molar-refractivity contribution in [3.05, 3.63) is 22.7 Å². The fraction of sp³-hybridized carbons (Fsp3) is 0.500. The molecule has 0 spiro atoms. The zero-order valence-electron chi connectivity index (χ0n) is 11.1. The molecule has 0 amide bonds. The number of nitrogens with zero attached hydrogens (tertiary/aromatic N) is 1. The maximum absolute atomic E-state index is 12.5. The van der Waals surface area contributed by atoms with Crippen molar-refractivity contribution in [2.45, 2.75) is 23.8 Å². The second kappa shape index (κ2) is 7.09. The minimum absolute atomic E-state index is 0. The maximum atomic E-state index is 12.5. The minimum atomic E-state index is -3.44. The summed E-state index contributed by atoms with van der Waals surface area (Å²) < 4.78 is 32.2. The summed E-state index contributed by atoms with van der Waals surface area (Å²) in [6.45, 7) is 0.959. The molecule has 0 unspecified atom stereocenters. The van der Waals surface area contributed by atoms with E-state index in [-0.39, 0.29) is 23.3 Å². The third-order valence-corrected chi connectivity index (χ3v) is 5.77. The number of piperidine rings is 1. The van der Waals surface area contributed by atoms with E-state index in [1.165, 1.54) is 4.31 Å². The molecule has 0 aliphatic carbocycles. The maximum Gasteiger partial charge on any atom is 0.243 e. The highest BCUT2D eigenvalue weighted by Crippen LogP contribution is 2.29. The van der Waals surface area contributed by atoms with Gasteiger partial charge in [-0.2, -0.15) is 4.31 Å². The van der Waals surface area contributed by atoms with Crippen LogP contribution in [-0.2, 0) is 10.0 Å². The van der Waals surface area contributed by atoms with Gasteiger partial charge in [0.25, 0.3) is 0 Å². The lowest BCUT2D eigenvalue weighted by molar-refractivity contribution is 0.320. The monoisotopic (exact) mass is 384 g/mol. The van der Waals surface area contributed by atoms with Crippen LogP contribution in [0.25, 0.3) is 0 Å². The Morgan fingerprint density at radius 3 is 2.45 bits per heavy atom. The molecule has 114 valence electrons. The van der Waals surface area contributed by atoms with Crippen LogP contribution in [0.3, 0.4) is 0 Å². The molecule has 2 rings (SSSR count). The highest BCUT2D eigenvalue weighted by molar-refractivity contribution is 9.10. The fourth-order valence-electron chi connectivity index (χ4n) is 2.07. The van der Waals surface area contributed by atoms with E-state index in [4.69, 9.17) is 10.5 Å². The summed E-state index contributed by atoms with van der Waals surface area (Å²) in [5, 5.41) is 0. The third-order valence-electron chi connectivity index (χ3n) is 3.26. The third kappa shape index (κ3) is 3.65. The second-order valence-electron chi connectivity index (χ2n) is 4.54. The molecule has 0 radical (unpaired) electrons. The van der Waals surface area contributed by atoms with Gasteiger partial charge in [0, 0.05) is 19.1 Å². The molecule has 0 bridgehead atoms. The number of methoxy groups -OCH3 is 1. The lowest BCUT2D eigenvalue weighted by Crippen LogP contribution is -2.42.